The highest BCUT2D eigenvalue weighted by Gasteiger charge is 2.35. The first-order chi connectivity index (χ1) is 9.94. The van der Waals surface area contributed by atoms with Gasteiger partial charge in [0.05, 0.1) is 11.0 Å². The summed E-state index contributed by atoms with van der Waals surface area (Å²) in [6.45, 7) is 4.98. The maximum absolute atomic E-state index is 12.2. The molecule has 8 heteroatoms. The number of nitrogens with zero attached hydrogens (tertiary/aromatic N) is 3. The van der Waals surface area contributed by atoms with Crippen molar-refractivity contribution in [3.8, 4) is 0 Å². The summed E-state index contributed by atoms with van der Waals surface area (Å²) < 4.78 is 26.3. The molecule has 2 atom stereocenters. The molecule has 1 aliphatic rings. The minimum absolute atomic E-state index is 0.258. The van der Waals surface area contributed by atoms with Crippen LogP contribution in [0.5, 0.6) is 0 Å². The minimum atomic E-state index is -3.07. The first-order valence-electron chi connectivity index (χ1n) is 7.48. The summed E-state index contributed by atoms with van der Waals surface area (Å²) in [5.74, 6) is 7.12. The maximum atomic E-state index is 12.2. The van der Waals surface area contributed by atoms with E-state index in [9.17, 15) is 8.42 Å². The molecule has 0 radical (unpaired) electrons. The summed E-state index contributed by atoms with van der Waals surface area (Å²) in [6.07, 6.45) is 4.34. The van der Waals surface area contributed by atoms with Gasteiger partial charge in [0.1, 0.15) is 12.2 Å². The van der Waals surface area contributed by atoms with E-state index in [1.54, 1.807) is 0 Å². The van der Waals surface area contributed by atoms with Gasteiger partial charge < -0.3 is 0 Å². The van der Waals surface area contributed by atoms with E-state index < -0.39 is 15.1 Å². The van der Waals surface area contributed by atoms with Crippen molar-refractivity contribution in [2.24, 2.45) is 11.8 Å². The first-order valence-corrected chi connectivity index (χ1v) is 9.20. The van der Waals surface area contributed by atoms with Crippen LogP contribution >= 0.6 is 0 Å². The predicted molar refractivity (Wildman–Crippen MR) is 81.1 cm³/mol. The van der Waals surface area contributed by atoms with Gasteiger partial charge >= 0.3 is 0 Å². The average molecular weight is 315 g/mol. The Hall–Kier alpha value is -0.990. The van der Waals surface area contributed by atoms with E-state index in [4.69, 9.17) is 5.84 Å². The third-order valence-electron chi connectivity index (χ3n) is 3.93. The van der Waals surface area contributed by atoms with Crippen LogP contribution in [0.3, 0.4) is 0 Å². The first kappa shape index (κ1) is 16.4. The highest BCUT2D eigenvalue weighted by Crippen LogP contribution is 2.23. The largest absolute Gasteiger partial charge is 0.271 e. The van der Waals surface area contributed by atoms with Crippen LogP contribution in [-0.4, -0.2) is 40.2 Å². The summed E-state index contributed by atoms with van der Waals surface area (Å²) in [6, 6.07) is -0.314. The normalized spacial score (nSPS) is 23.3. The van der Waals surface area contributed by atoms with Crippen LogP contribution in [0.2, 0.25) is 0 Å². The molecule has 0 aromatic carbocycles. The second-order valence-corrected chi connectivity index (χ2v) is 8.47. The van der Waals surface area contributed by atoms with Gasteiger partial charge in [-0.2, -0.15) is 5.10 Å². The summed E-state index contributed by atoms with van der Waals surface area (Å²) >= 11 is 0. The van der Waals surface area contributed by atoms with Crippen molar-refractivity contribution in [1.29, 1.82) is 0 Å². The van der Waals surface area contributed by atoms with Crippen molar-refractivity contribution in [1.82, 2.24) is 20.2 Å². The Morgan fingerprint density at radius 1 is 1.48 bits per heavy atom. The van der Waals surface area contributed by atoms with E-state index in [1.807, 2.05) is 4.68 Å². The summed E-state index contributed by atoms with van der Waals surface area (Å²) in [7, 11) is -3.07. The van der Waals surface area contributed by atoms with Gasteiger partial charge in [0.15, 0.2) is 9.84 Å². The number of nitrogens with two attached hydrogens (primary N) is 1. The van der Waals surface area contributed by atoms with E-state index >= 15 is 0 Å². The number of aromatic nitrogens is 3. The quantitative estimate of drug-likeness (QED) is 0.577. The summed E-state index contributed by atoms with van der Waals surface area (Å²) in [5.41, 5.74) is 2.69. The summed E-state index contributed by atoms with van der Waals surface area (Å²) in [4.78, 5) is 4.26. The third kappa shape index (κ3) is 4.02. The van der Waals surface area contributed by atoms with Crippen LogP contribution in [0.1, 0.15) is 38.9 Å². The SMILES string of the molecule is CC(C)Cn1ncnc1CC(NN)C1CCCCS1(=O)=O. The second kappa shape index (κ2) is 6.85. The van der Waals surface area contributed by atoms with E-state index in [2.05, 4.69) is 29.4 Å². The topological polar surface area (TPSA) is 103 Å². The van der Waals surface area contributed by atoms with Crippen molar-refractivity contribution in [2.45, 2.75) is 57.4 Å². The number of sulfone groups is 1. The Bertz CT molecular complexity index is 555. The number of hydrazine groups is 1. The van der Waals surface area contributed by atoms with Crippen LogP contribution < -0.4 is 11.3 Å². The van der Waals surface area contributed by atoms with E-state index in [-0.39, 0.29) is 11.8 Å². The molecule has 2 heterocycles. The molecule has 1 aliphatic heterocycles. The second-order valence-electron chi connectivity index (χ2n) is 6.13. The highest BCUT2D eigenvalue weighted by molar-refractivity contribution is 7.92. The van der Waals surface area contributed by atoms with Crippen LogP contribution in [0.25, 0.3) is 0 Å². The monoisotopic (exact) mass is 315 g/mol. The molecular formula is C13H25N5O2S. The minimum Gasteiger partial charge on any atom is -0.271 e. The van der Waals surface area contributed by atoms with E-state index in [0.717, 1.165) is 25.2 Å². The van der Waals surface area contributed by atoms with Crippen LogP contribution in [0.4, 0.5) is 0 Å². The third-order valence-corrected chi connectivity index (χ3v) is 6.27. The summed E-state index contributed by atoms with van der Waals surface area (Å²) in [5, 5.41) is 3.78. The lowest BCUT2D eigenvalue weighted by Crippen LogP contribution is -2.51. The van der Waals surface area contributed by atoms with Gasteiger partial charge in [0.25, 0.3) is 0 Å². The Kier molecular flexibility index (Phi) is 5.34. The lowest BCUT2D eigenvalue weighted by Gasteiger charge is -2.29. The van der Waals surface area contributed by atoms with E-state index in [0.29, 0.717) is 18.8 Å². The van der Waals surface area contributed by atoms with Gasteiger partial charge in [-0.1, -0.05) is 20.3 Å². The van der Waals surface area contributed by atoms with Gasteiger partial charge in [-0.05, 0) is 18.8 Å². The molecule has 2 unspecified atom stereocenters. The molecule has 0 bridgehead atoms. The van der Waals surface area contributed by atoms with E-state index in [1.165, 1.54) is 6.33 Å². The number of hydrogen-bond donors (Lipinski definition) is 2. The molecule has 1 fully saturated rings. The van der Waals surface area contributed by atoms with Gasteiger partial charge in [-0.25, -0.2) is 18.1 Å². The number of hydrogen-bond acceptors (Lipinski definition) is 6. The van der Waals surface area contributed by atoms with Crippen LogP contribution in [0.15, 0.2) is 6.33 Å². The number of rotatable bonds is 6. The average Bonchev–Trinajstić information content (AvgIpc) is 2.82. The zero-order valence-electron chi connectivity index (χ0n) is 12.7. The Balaban J connectivity index is 2.14. The van der Waals surface area contributed by atoms with Crippen molar-refractivity contribution < 1.29 is 8.42 Å². The highest BCUT2D eigenvalue weighted by atomic mass is 32.2. The molecule has 7 nitrogen and oxygen atoms in total. The fraction of sp³-hybridized carbons (Fsp3) is 0.846. The smallest absolute Gasteiger partial charge is 0.154 e. The molecule has 0 saturated carbocycles. The molecule has 3 N–H and O–H groups in total. The lowest BCUT2D eigenvalue weighted by molar-refractivity contribution is 0.412. The zero-order valence-corrected chi connectivity index (χ0v) is 13.5. The molecule has 0 amide bonds. The molecule has 1 aromatic heterocycles. The maximum Gasteiger partial charge on any atom is 0.154 e. The molecule has 1 aromatic rings. The molecule has 0 spiro atoms. The van der Waals surface area contributed by atoms with Crippen LogP contribution in [-0.2, 0) is 22.8 Å². The Labute approximate surface area is 126 Å². The fourth-order valence-corrected chi connectivity index (χ4v) is 4.98. The molecule has 21 heavy (non-hydrogen) atoms. The molecule has 1 saturated heterocycles. The van der Waals surface area contributed by atoms with Crippen molar-refractivity contribution in [3.05, 3.63) is 12.2 Å². The van der Waals surface area contributed by atoms with Gasteiger partial charge in [0, 0.05) is 19.0 Å². The number of nitrogens with one attached hydrogen (secondary N) is 1. The van der Waals surface area contributed by atoms with Gasteiger partial charge in [-0.3, -0.25) is 11.3 Å². The molecule has 0 aliphatic carbocycles. The van der Waals surface area contributed by atoms with Crippen LogP contribution in [0, 0.1) is 5.92 Å². The molecule has 2 rings (SSSR count). The molecule has 120 valence electrons. The molecular weight excluding hydrogens is 290 g/mol. The van der Waals surface area contributed by atoms with Crippen molar-refractivity contribution in [2.75, 3.05) is 5.75 Å². The lowest BCUT2D eigenvalue weighted by atomic mass is 10.0. The van der Waals surface area contributed by atoms with Gasteiger partial charge in [-0.15, -0.1) is 0 Å². The predicted octanol–water partition coefficient (Wildman–Crippen LogP) is 0.276. The van der Waals surface area contributed by atoms with Crippen molar-refractivity contribution >= 4 is 9.84 Å². The van der Waals surface area contributed by atoms with Gasteiger partial charge in [0.2, 0.25) is 0 Å². The van der Waals surface area contributed by atoms with Crippen molar-refractivity contribution in [3.63, 3.8) is 0 Å². The Morgan fingerprint density at radius 2 is 2.24 bits per heavy atom. The fourth-order valence-electron chi connectivity index (χ4n) is 2.87. The standard InChI is InChI=1S/C13H25N5O2S/c1-10(2)8-18-13(15-9-16-18)7-11(17-14)12-5-3-4-6-21(12,19)20/h9-12,17H,3-8,14H2,1-2H3. The zero-order chi connectivity index (χ0) is 15.5. The Morgan fingerprint density at radius 3 is 2.86 bits per heavy atom.